The molecule has 0 spiro atoms. The molecule has 1 saturated heterocycles. The summed E-state index contributed by atoms with van der Waals surface area (Å²) in [6.07, 6.45) is 2.35. The highest BCUT2D eigenvalue weighted by Crippen LogP contribution is 2.21. The maximum Gasteiger partial charge on any atom is 0.255 e. The molecule has 2 N–H and O–H groups in total. The minimum atomic E-state index is -0.526. The number of hydrogen-bond donors (Lipinski definition) is 2. The number of carbonyl (C=O) groups excluding carboxylic acids is 2. The number of nitrogens with one attached hydrogen (secondary N) is 2. The summed E-state index contributed by atoms with van der Waals surface area (Å²) in [4.78, 5) is 25.6. The van der Waals surface area contributed by atoms with E-state index in [1.165, 1.54) is 17.0 Å². The summed E-state index contributed by atoms with van der Waals surface area (Å²) in [6.45, 7) is 0.805. The molecular weight excluding hydrogens is 375 g/mol. The lowest BCUT2D eigenvalue weighted by atomic mass is 10.1. The topological polar surface area (TPSA) is 92.2 Å². The molecule has 0 bridgehead atoms. The number of nitrogens with zero attached hydrogens (tertiary/aromatic N) is 4. The van der Waals surface area contributed by atoms with Crippen LogP contribution in [0.2, 0.25) is 5.02 Å². The average molecular weight is 395 g/mol. The first-order valence-corrected chi connectivity index (χ1v) is 8.83. The van der Waals surface area contributed by atoms with Crippen LogP contribution in [0, 0.1) is 5.82 Å². The summed E-state index contributed by atoms with van der Waals surface area (Å²) < 4.78 is 15.1. The lowest BCUT2D eigenvalue weighted by Gasteiger charge is -2.16. The normalized spacial score (nSPS) is 19.1. The van der Waals surface area contributed by atoms with Crippen LogP contribution < -0.4 is 10.6 Å². The molecule has 2 amide bonds. The Hall–Kier alpha value is -2.52. The van der Waals surface area contributed by atoms with Gasteiger partial charge in [-0.15, -0.1) is 5.10 Å². The smallest absolute Gasteiger partial charge is 0.255 e. The number of halogens is 2. The van der Waals surface area contributed by atoms with Crippen molar-refractivity contribution in [1.82, 2.24) is 30.5 Å². The van der Waals surface area contributed by atoms with Crippen LogP contribution in [0.5, 0.6) is 0 Å². The Morgan fingerprint density at radius 1 is 1.48 bits per heavy atom. The summed E-state index contributed by atoms with van der Waals surface area (Å²) in [5.41, 5.74) is 0.682. The zero-order valence-corrected chi connectivity index (χ0v) is 15.7. The number of likely N-dealkylation sites (N-methyl/N-ethyl adjacent to an activating group) is 1. The van der Waals surface area contributed by atoms with Gasteiger partial charge in [-0.25, -0.2) is 9.07 Å². The molecule has 1 aliphatic heterocycles. The highest BCUT2D eigenvalue weighted by Gasteiger charge is 2.30. The minimum absolute atomic E-state index is 0.00669. The quantitative estimate of drug-likeness (QED) is 0.789. The molecule has 3 rings (SSSR count). The van der Waals surface area contributed by atoms with Crippen LogP contribution in [0.1, 0.15) is 28.5 Å². The molecule has 0 saturated carbocycles. The molecule has 1 aromatic heterocycles. The number of hydrogen-bond acceptors (Lipinski definition) is 5. The molecule has 1 aromatic carbocycles. The number of benzene rings is 1. The second-order valence-corrected chi connectivity index (χ2v) is 6.85. The van der Waals surface area contributed by atoms with E-state index in [-0.39, 0.29) is 35.1 Å². The van der Waals surface area contributed by atoms with Gasteiger partial charge in [0.1, 0.15) is 11.5 Å². The Balaban J connectivity index is 1.64. The van der Waals surface area contributed by atoms with Crippen molar-refractivity contribution in [3.8, 4) is 0 Å². The molecule has 0 aliphatic carbocycles. The predicted molar refractivity (Wildman–Crippen MR) is 96.7 cm³/mol. The third-order valence-corrected chi connectivity index (χ3v) is 4.84. The van der Waals surface area contributed by atoms with E-state index in [1.807, 2.05) is 0 Å². The zero-order chi connectivity index (χ0) is 19.6. The maximum absolute atomic E-state index is 13.4. The van der Waals surface area contributed by atoms with Crippen LogP contribution in [0.15, 0.2) is 24.4 Å². The van der Waals surface area contributed by atoms with Crippen molar-refractivity contribution in [2.75, 3.05) is 20.6 Å². The van der Waals surface area contributed by atoms with E-state index in [0.717, 1.165) is 6.07 Å². The lowest BCUT2D eigenvalue weighted by Crippen LogP contribution is -2.38. The Morgan fingerprint density at radius 2 is 2.26 bits per heavy atom. The standard InChI is InChI=1S/C17H20ClFN6O2/c1-20-16(26)15-6-12(7-21-15)25-9-11(22-23-25)8-24(2)17(27)13-5-10(19)3-4-14(13)18/h3-5,9,12,15,21H,6-8H2,1-2H3,(H,20,26)/t12-,15-/m0/s1. The van der Waals surface area contributed by atoms with E-state index >= 15 is 0 Å². The Bertz CT molecular complexity index is 858. The van der Waals surface area contributed by atoms with Crippen LogP contribution in [-0.2, 0) is 11.3 Å². The summed E-state index contributed by atoms with van der Waals surface area (Å²) >= 11 is 5.99. The summed E-state index contributed by atoms with van der Waals surface area (Å²) in [7, 11) is 3.18. The first kappa shape index (κ1) is 19.2. The van der Waals surface area contributed by atoms with E-state index in [2.05, 4.69) is 20.9 Å². The van der Waals surface area contributed by atoms with Gasteiger partial charge in [0.2, 0.25) is 5.91 Å². The first-order valence-electron chi connectivity index (χ1n) is 8.45. The summed E-state index contributed by atoms with van der Waals surface area (Å²) in [5, 5.41) is 14.1. The lowest BCUT2D eigenvalue weighted by molar-refractivity contribution is -0.122. The molecular formula is C17H20ClFN6O2. The molecule has 0 unspecified atom stereocenters. The van der Waals surface area contributed by atoms with Crippen molar-refractivity contribution in [2.24, 2.45) is 0 Å². The highest BCUT2D eigenvalue weighted by atomic mass is 35.5. The van der Waals surface area contributed by atoms with Gasteiger partial charge in [0.15, 0.2) is 0 Å². The van der Waals surface area contributed by atoms with Gasteiger partial charge in [-0.1, -0.05) is 16.8 Å². The summed E-state index contributed by atoms with van der Waals surface area (Å²) in [5.74, 6) is -0.993. The van der Waals surface area contributed by atoms with Crippen LogP contribution in [0.4, 0.5) is 4.39 Å². The third-order valence-electron chi connectivity index (χ3n) is 4.51. The average Bonchev–Trinajstić information content (AvgIpc) is 3.31. The monoisotopic (exact) mass is 394 g/mol. The molecule has 1 fully saturated rings. The van der Waals surface area contributed by atoms with E-state index in [4.69, 9.17) is 11.6 Å². The minimum Gasteiger partial charge on any atom is -0.358 e. The highest BCUT2D eigenvalue weighted by molar-refractivity contribution is 6.33. The van der Waals surface area contributed by atoms with Gasteiger partial charge in [0, 0.05) is 20.6 Å². The fraction of sp³-hybridized carbons (Fsp3) is 0.412. The largest absolute Gasteiger partial charge is 0.358 e. The van der Waals surface area contributed by atoms with E-state index < -0.39 is 11.7 Å². The van der Waals surface area contributed by atoms with Gasteiger partial charge < -0.3 is 15.5 Å². The molecule has 8 nitrogen and oxygen atoms in total. The summed E-state index contributed by atoms with van der Waals surface area (Å²) in [6, 6.07) is 3.41. The van der Waals surface area contributed by atoms with Gasteiger partial charge in [0.05, 0.1) is 35.4 Å². The van der Waals surface area contributed by atoms with Crippen molar-refractivity contribution in [2.45, 2.75) is 25.0 Å². The van der Waals surface area contributed by atoms with E-state index in [0.29, 0.717) is 18.7 Å². The zero-order valence-electron chi connectivity index (χ0n) is 14.9. The Morgan fingerprint density at radius 3 is 3.00 bits per heavy atom. The number of amides is 2. The van der Waals surface area contributed by atoms with Crippen LogP contribution in [0.3, 0.4) is 0 Å². The number of rotatable bonds is 5. The van der Waals surface area contributed by atoms with E-state index in [9.17, 15) is 14.0 Å². The number of carbonyl (C=O) groups is 2. The fourth-order valence-electron chi connectivity index (χ4n) is 3.04. The van der Waals surface area contributed by atoms with Crippen molar-refractivity contribution in [3.05, 3.63) is 46.5 Å². The second kappa shape index (κ2) is 8.01. The molecule has 27 heavy (non-hydrogen) atoms. The first-order chi connectivity index (χ1) is 12.9. The fourth-order valence-corrected chi connectivity index (χ4v) is 3.24. The molecule has 2 aromatic rings. The Labute approximate surface area is 160 Å². The molecule has 10 heteroatoms. The van der Waals surface area contributed by atoms with Crippen molar-refractivity contribution < 1.29 is 14.0 Å². The molecule has 0 radical (unpaired) electrons. The second-order valence-electron chi connectivity index (χ2n) is 6.44. The van der Waals surface area contributed by atoms with Gasteiger partial charge >= 0.3 is 0 Å². The van der Waals surface area contributed by atoms with Crippen LogP contribution >= 0.6 is 11.6 Å². The predicted octanol–water partition coefficient (Wildman–Crippen LogP) is 0.992. The van der Waals surface area contributed by atoms with Crippen LogP contribution in [-0.4, -0.2) is 58.4 Å². The Kier molecular flexibility index (Phi) is 5.71. The van der Waals surface area contributed by atoms with Gasteiger partial charge in [-0.05, 0) is 24.6 Å². The molecule has 144 valence electrons. The van der Waals surface area contributed by atoms with Crippen molar-refractivity contribution in [3.63, 3.8) is 0 Å². The molecule has 2 atom stereocenters. The molecule has 1 aliphatic rings. The SMILES string of the molecule is CNC(=O)[C@@H]1C[C@H](n2cc(CN(C)C(=O)c3cc(F)ccc3Cl)nn2)CN1. The van der Waals surface area contributed by atoms with Crippen LogP contribution in [0.25, 0.3) is 0 Å². The van der Waals surface area contributed by atoms with Gasteiger partial charge in [0.25, 0.3) is 5.91 Å². The van der Waals surface area contributed by atoms with Gasteiger partial charge in [-0.2, -0.15) is 0 Å². The van der Waals surface area contributed by atoms with Crippen molar-refractivity contribution in [1.29, 1.82) is 0 Å². The van der Waals surface area contributed by atoms with Crippen molar-refractivity contribution >= 4 is 23.4 Å². The molecule has 2 heterocycles. The number of aromatic nitrogens is 3. The van der Waals surface area contributed by atoms with E-state index in [1.54, 1.807) is 25.0 Å². The third kappa shape index (κ3) is 4.25. The van der Waals surface area contributed by atoms with Gasteiger partial charge in [-0.3, -0.25) is 9.59 Å². The maximum atomic E-state index is 13.4.